The summed E-state index contributed by atoms with van der Waals surface area (Å²) in [4.78, 5) is 0. The SMILES string of the molecule is CCSC1CCCC1NC1Cc2ccccc2C1. The molecule has 0 saturated heterocycles. The van der Waals surface area contributed by atoms with Gasteiger partial charge in [-0.1, -0.05) is 37.6 Å². The Morgan fingerprint density at radius 1 is 1.17 bits per heavy atom. The zero-order valence-corrected chi connectivity index (χ0v) is 12.0. The van der Waals surface area contributed by atoms with Gasteiger partial charge in [0, 0.05) is 17.3 Å². The van der Waals surface area contributed by atoms with E-state index < -0.39 is 0 Å². The van der Waals surface area contributed by atoms with Crippen LogP contribution in [0.2, 0.25) is 0 Å². The summed E-state index contributed by atoms with van der Waals surface area (Å²) in [6.45, 7) is 2.28. The molecule has 0 bridgehead atoms. The summed E-state index contributed by atoms with van der Waals surface area (Å²) >= 11 is 2.15. The topological polar surface area (TPSA) is 12.0 Å². The molecule has 0 heterocycles. The number of thioether (sulfide) groups is 1. The molecule has 1 aromatic rings. The van der Waals surface area contributed by atoms with Crippen molar-refractivity contribution in [3.05, 3.63) is 35.4 Å². The van der Waals surface area contributed by atoms with Crippen LogP contribution in [0.25, 0.3) is 0 Å². The van der Waals surface area contributed by atoms with E-state index in [1.165, 1.54) is 37.9 Å². The number of hydrogen-bond acceptors (Lipinski definition) is 2. The van der Waals surface area contributed by atoms with Gasteiger partial charge in [0.25, 0.3) is 0 Å². The third kappa shape index (κ3) is 2.60. The van der Waals surface area contributed by atoms with E-state index in [0.29, 0.717) is 6.04 Å². The van der Waals surface area contributed by atoms with Crippen molar-refractivity contribution < 1.29 is 0 Å². The van der Waals surface area contributed by atoms with Crippen molar-refractivity contribution in [3.63, 3.8) is 0 Å². The lowest BCUT2D eigenvalue weighted by molar-refractivity contribution is 0.445. The quantitative estimate of drug-likeness (QED) is 0.891. The Morgan fingerprint density at radius 3 is 2.56 bits per heavy atom. The number of hydrogen-bond donors (Lipinski definition) is 1. The van der Waals surface area contributed by atoms with Crippen molar-refractivity contribution in [1.29, 1.82) is 0 Å². The predicted octanol–water partition coefficient (Wildman–Crippen LogP) is 3.42. The average molecular weight is 261 g/mol. The molecule has 1 fully saturated rings. The summed E-state index contributed by atoms with van der Waals surface area (Å²) in [5.74, 6) is 1.26. The highest BCUT2D eigenvalue weighted by atomic mass is 32.2. The van der Waals surface area contributed by atoms with E-state index in [9.17, 15) is 0 Å². The second kappa shape index (κ2) is 5.66. The Labute approximate surface area is 115 Å². The van der Waals surface area contributed by atoms with Crippen molar-refractivity contribution in [2.45, 2.75) is 56.4 Å². The third-order valence-electron chi connectivity index (χ3n) is 4.33. The first-order valence-electron chi connectivity index (χ1n) is 7.31. The van der Waals surface area contributed by atoms with Gasteiger partial charge in [0.15, 0.2) is 0 Å². The first kappa shape index (κ1) is 12.6. The van der Waals surface area contributed by atoms with E-state index in [1.54, 1.807) is 11.1 Å². The molecule has 2 atom stereocenters. The minimum absolute atomic E-state index is 0.686. The zero-order chi connectivity index (χ0) is 12.4. The van der Waals surface area contributed by atoms with Crippen LogP contribution in [0.4, 0.5) is 0 Å². The van der Waals surface area contributed by atoms with Gasteiger partial charge in [0.05, 0.1) is 0 Å². The fourth-order valence-electron chi connectivity index (χ4n) is 3.51. The van der Waals surface area contributed by atoms with Gasteiger partial charge >= 0.3 is 0 Å². The normalized spacial score (nSPS) is 27.6. The van der Waals surface area contributed by atoms with E-state index in [0.717, 1.165) is 11.3 Å². The molecule has 2 heteroatoms. The zero-order valence-electron chi connectivity index (χ0n) is 11.2. The minimum Gasteiger partial charge on any atom is -0.309 e. The van der Waals surface area contributed by atoms with E-state index in [1.807, 2.05) is 0 Å². The molecule has 0 aliphatic heterocycles. The molecule has 2 aliphatic rings. The first-order valence-corrected chi connectivity index (χ1v) is 8.36. The summed E-state index contributed by atoms with van der Waals surface area (Å²) in [6, 6.07) is 10.4. The Hall–Kier alpha value is -0.470. The molecule has 0 amide bonds. The summed E-state index contributed by atoms with van der Waals surface area (Å²) in [6.07, 6.45) is 6.67. The number of fused-ring (bicyclic) bond motifs is 1. The Balaban J connectivity index is 1.59. The summed E-state index contributed by atoms with van der Waals surface area (Å²) in [5.41, 5.74) is 3.13. The molecule has 2 unspecified atom stereocenters. The molecule has 0 spiro atoms. The van der Waals surface area contributed by atoms with Gasteiger partial charge in [0.2, 0.25) is 0 Å². The molecule has 1 saturated carbocycles. The molecule has 98 valence electrons. The highest BCUT2D eigenvalue weighted by Gasteiger charge is 2.30. The highest BCUT2D eigenvalue weighted by Crippen LogP contribution is 2.31. The number of nitrogens with one attached hydrogen (secondary N) is 1. The van der Waals surface area contributed by atoms with E-state index in [-0.39, 0.29) is 0 Å². The Kier molecular flexibility index (Phi) is 3.95. The first-order chi connectivity index (χ1) is 8.86. The largest absolute Gasteiger partial charge is 0.309 e. The van der Waals surface area contributed by atoms with Gasteiger partial charge in [-0.25, -0.2) is 0 Å². The van der Waals surface area contributed by atoms with Gasteiger partial charge in [-0.15, -0.1) is 0 Å². The molecule has 3 rings (SSSR count). The molecular weight excluding hydrogens is 238 g/mol. The van der Waals surface area contributed by atoms with Crippen LogP contribution in [-0.2, 0) is 12.8 Å². The second-order valence-electron chi connectivity index (χ2n) is 5.57. The van der Waals surface area contributed by atoms with Gasteiger partial charge < -0.3 is 5.32 Å². The Morgan fingerprint density at radius 2 is 1.89 bits per heavy atom. The summed E-state index contributed by atoms with van der Waals surface area (Å²) in [7, 11) is 0. The van der Waals surface area contributed by atoms with Crippen LogP contribution in [0.15, 0.2) is 24.3 Å². The predicted molar refractivity (Wildman–Crippen MR) is 80.3 cm³/mol. The summed E-state index contributed by atoms with van der Waals surface area (Å²) in [5, 5.41) is 4.80. The summed E-state index contributed by atoms with van der Waals surface area (Å²) < 4.78 is 0. The molecule has 1 nitrogen and oxygen atoms in total. The minimum atomic E-state index is 0.686. The molecule has 0 radical (unpaired) electrons. The fourth-order valence-corrected chi connectivity index (χ4v) is 4.72. The van der Waals surface area contributed by atoms with Gasteiger partial charge in [0.1, 0.15) is 0 Å². The van der Waals surface area contributed by atoms with Crippen LogP contribution in [0.1, 0.15) is 37.3 Å². The Bertz CT molecular complexity index is 379. The maximum absolute atomic E-state index is 3.94. The van der Waals surface area contributed by atoms with E-state index in [4.69, 9.17) is 0 Å². The van der Waals surface area contributed by atoms with Crippen molar-refractivity contribution >= 4 is 11.8 Å². The standard InChI is InChI=1S/C16H23NS/c1-2-18-16-9-5-8-15(16)17-14-10-12-6-3-4-7-13(12)11-14/h3-4,6-7,14-17H,2,5,8-11H2,1H3. The van der Waals surface area contributed by atoms with Crippen molar-refractivity contribution in [3.8, 4) is 0 Å². The fraction of sp³-hybridized carbons (Fsp3) is 0.625. The van der Waals surface area contributed by atoms with Crippen LogP contribution in [0.5, 0.6) is 0 Å². The second-order valence-corrected chi connectivity index (χ2v) is 7.09. The van der Waals surface area contributed by atoms with Crippen LogP contribution in [0, 0.1) is 0 Å². The van der Waals surface area contributed by atoms with Crippen LogP contribution < -0.4 is 5.32 Å². The molecule has 18 heavy (non-hydrogen) atoms. The van der Waals surface area contributed by atoms with Crippen molar-refractivity contribution in [2.75, 3.05) is 5.75 Å². The van der Waals surface area contributed by atoms with E-state index >= 15 is 0 Å². The lowest BCUT2D eigenvalue weighted by Crippen LogP contribution is -2.42. The van der Waals surface area contributed by atoms with Crippen LogP contribution in [-0.4, -0.2) is 23.1 Å². The van der Waals surface area contributed by atoms with Gasteiger partial charge in [-0.05, 0) is 42.6 Å². The average Bonchev–Trinajstić information content (AvgIpc) is 2.97. The molecule has 1 N–H and O–H groups in total. The molecular formula is C16H23NS. The van der Waals surface area contributed by atoms with Crippen LogP contribution >= 0.6 is 11.8 Å². The lowest BCUT2D eigenvalue weighted by atomic mass is 10.1. The van der Waals surface area contributed by atoms with Gasteiger partial charge in [-0.2, -0.15) is 11.8 Å². The van der Waals surface area contributed by atoms with E-state index in [2.05, 4.69) is 48.3 Å². The lowest BCUT2D eigenvalue weighted by Gasteiger charge is -2.24. The third-order valence-corrected chi connectivity index (χ3v) is 5.66. The van der Waals surface area contributed by atoms with Crippen molar-refractivity contribution in [1.82, 2.24) is 5.32 Å². The smallest absolute Gasteiger partial charge is 0.0201 e. The monoisotopic (exact) mass is 261 g/mol. The number of rotatable bonds is 4. The van der Waals surface area contributed by atoms with Crippen LogP contribution in [0.3, 0.4) is 0 Å². The number of benzene rings is 1. The molecule has 2 aliphatic carbocycles. The molecule has 0 aromatic heterocycles. The highest BCUT2D eigenvalue weighted by molar-refractivity contribution is 7.99. The molecule has 1 aromatic carbocycles. The van der Waals surface area contributed by atoms with Crippen molar-refractivity contribution in [2.24, 2.45) is 0 Å². The maximum atomic E-state index is 3.94. The van der Waals surface area contributed by atoms with Gasteiger partial charge in [-0.3, -0.25) is 0 Å². The maximum Gasteiger partial charge on any atom is 0.0201 e.